The van der Waals surface area contributed by atoms with Crippen LogP contribution in [0.3, 0.4) is 0 Å². The number of alkyl halides is 2. The largest absolute Gasteiger partial charge is 0.586 e. The van der Waals surface area contributed by atoms with Gasteiger partial charge in [0.1, 0.15) is 0 Å². The molecule has 1 aliphatic carbocycles. The number of hydrogen-bond acceptors (Lipinski definition) is 2. The lowest BCUT2D eigenvalue weighted by molar-refractivity contribution is -0.286. The molecule has 1 aromatic carbocycles. The fourth-order valence-electron chi connectivity index (χ4n) is 2.28. The van der Waals surface area contributed by atoms with Crippen LogP contribution >= 0.6 is 0 Å². The van der Waals surface area contributed by atoms with E-state index < -0.39 is 6.29 Å². The Bertz CT molecular complexity index is 439. The molecule has 4 heteroatoms. The van der Waals surface area contributed by atoms with E-state index in [4.69, 9.17) is 0 Å². The zero-order valence-electron chi connectivity index (χ0n) is 8.93. The second-order valence-electron chi connectivity index (χ2n) is 4.46. The van der Waals surface area contributed by atoms with Gasteiger partial charge in [-0.05, 0) is 42.4 Å². The molecule has 1 fully saturated rings. The molecule has 3 rings (SSSR count). The van der Waals surface area contributed by atoms with Gasteiger partial charge in [-0.1, -0.05) is 13.0 Å². The molecule has 0 aromatic heterocycles. The highest BCUT2D eigenvalue weighted by atomic mass is 19.3. The van der Waals surface area contributed by atoms with Crippen molar-refractivity contribution in [2.75, 3.05) is 0 Å². The molecule has 2 nitrogen and oxygen atoms in total. The molecule has 0 bridgehead atoms. The number of hydrogen-bond donors (Lipinski definition) is 0. The van der Waals surface area contributed by atoms with Gasteiger partial charge in [0.05, 0.1) is 0 Å². The van der Waals surface area contributed by atoms with Gasteiger partial charge in [-0.25, -0.2) is 0 Å². The van der Waals surface area contributed by atoms with E-state index in [0.717, 1.165) is 24.8 Å². The highest BCUT2D eigenvalue weighted by Crippen LogP contribution is 2.53. The van der Waals surface area contributed by atoms with Crippen LogP contribution in [0.1, 0.15) is 31.7 Å². The molecule has 2 aliphatic rings. The highest BCUT2D eigenvalue weighted by Gasteiger charge is 2.46. The number of halogens is 2. The standard InChI is InChI=1S/C12H12F2O2/c1-2-11(5-6-11)8-3-4-9-10(7-8)16-12(13,14)15-9/h3-4,7H,2,5-6H2,1H3. The first-order chi connectivity index (χ1) is 7.55. The summed E-state index contributed by atoms with van der Waals surface area (Å²) in [5.41, 5.74) is 1.27. The van der Waals surface area contributed by atoms with Crippen LogP contribution in [0.15, 0.2) is 18.2 Å². The van der Waals surface area contributed by atoms with Gasteiger partial charge < -0.3 is 9.47 Å². The van der Waals surface area contributed by atoms with E-state index in [2.05, 4.69) is 16.4 Å². The Morgan fingerprint density at radius 3 is 2.50 bits per heavy atom. The monoisotopic (exact) mass is 226 g/mol. The second kappa shape index (κ2) is 2.87. The van der Waals surface area contributed by atoms with Crippen LogP contribution in [-0.2, 0) is 5.41 Å². The van der Waals surface area contributed by atoms with E-state index in [0.29, 0.717) is 0 Å². The summed E-state index contributed by atoms with van der Waals surface area (Å²) in [5.74, 6) is 0.280. The van der Waals surface area contributed by atoms with Crippen LogP contribution in [0, 0.1) is 0 Å². The Morgan fingerprint density at radius 2 is 1.88 bits per heavy atom. The predicted molar refractivity (Wildman–Crippen MR) is 53.8 cm³/mol. The minimum absolute atomic E-state index is 0.126. The van der Waals surface area contributed by atoms with Crippen LogP contribution in [0.5, 0.6) is 11.5 Å². The van der Waals surface area contributed by atoms with E-state index >= 15 is 0 Å². The fourth-order valence-corrected chi connectivity index (χ4v) is 2.28. The van der Waals surface area contributed by atoms with E-state index in [1.807, 2.05) is 6.07 Å². The first-order valence-corrected chi connectivity index (χ1v) is 5.45. The zero-order chi connectivity index (χ0) is 11.4. The minimum atomic E-state index is -3.51. The maximum atomic E-state index is 12.8. The molecule has 1 heterocycles. The van der Waals surface area contributed by atoms with Crippen molar-refractivity contribution in [1.82, 2.24) is 0 Å². The van der Waals surface area contributed by atoms with Crippen molar-refractivity contribution in [3.8, 4) is 11.5 Å². The Balaban J connectivity index is 1.97. The van der Waals surface area contributed by atoms with Crippen molar-refractivity contribution >= 4 is 0 Å². The molecule has 0 saturated heterocycles. The van der Waals surface area contributed by atoms with Crippen molar-refractivity contribution in [3.05, 3.63) is 23.8 Å². The highest BCUT2D eigenvalue weighted by molar-refractivity contribution is 5.48. The molecule has 0 radical (unpaired) electrons. The second-order valence-corrected chi connectivity index (χ2v) is 4.46. The minimum Gasteiger partial charge on any atom is -0.395 e. The average molecular weight is 226 g/mol. The quantitative estimate of drug-likeness (QED) is 0.768. The summed E-state index contributed by atoms with van der Waals surface area (Å²) in [6.45, 7) is 2.12. The summed E-state index contributed by atoms with van der Waals surface area (Å²) in [7, 11) is 0. The van der Waals surface area contributed by atoms with Gasteiger partial charge in [-0.15, -0.1) is 8.78 Å². The van der Waals surface area contributed by atoms with Crippen molar-refractivity contribution < 1.29 is 18.3 Å². The van der Waals surface area contributed by atoms with Gasteiger partial charge in [0.15, 0.2) is 11.5 Å². The lowest BCUT2D eigenvalue weighted by Gasteiger charge is -2.12. The number of rotatable bonds is 2. The van der Waals surface area contributed by atoms with Crippen LogP contribution < -0.4 is 9.47 Å². The topological polar surface area (TPSA) is 18.5 Å². The summed E-state index contributed by atoms with van der Waals surface area (Å²) in [4.78, 5) is 0. The van der Waals surface area contributed by atoms with E-state index in [1.54, 1.807) is 12.1 Å². The van der Waals surface area contributed by atoms with E-state index in [1.165, 1.54) is 0 Å². The summed E-state index contributed by atoms with van der Waals surface area (Å²) in [6, 6.07) is 5.12. The Morgan fingerprint density at radius 1 is 1.19 bits per heavy atom. The first-order valence-electron chi connectivity index (χ1n) is 5.45. The van der Waals surface area contributed by atoms with Gasteiger partial charge in [-0.3, -0.25) is 0 Å². The molecule has 0 spiro atoms. The normalized spacial score (nSPS) is 23.2. The molecule has 0 unspecified atom stereocenters. The molecule has 1 aliphatic heterocycles. The smallest absolute Gasteiger partial charge is 0.395 e. The fraction of sp³-hybridized carbons (Fsp3) is 0.500. The van der Waals surface area contributed by atoms with E-state index in [9.17, 15) is 8.78 Å². The molecule has 0 atom stereocenters. The Kier molecular flexibility index (Phi) is 1.77. The molecule has 0 amide bonds. The summed E-state index contributed by atoms with van der Waals surface area (Å²) in [5, 5.41) is 0. The molecule has 1 aromatic rings. The Hall–Kier alpha value is -1.32. The first kappa shape index (κ1) is 9.87. The number of fused-ring (bicyclic) bond motifs is 1. The number of ether oxygens (including phenoxy) is 2. The molecule has 16 heavy (non-hydrogen) atoms. The van der Waals surface area contributed by atoms with Crippen LogP contribution in [0.25, 0.3) is 0 Å². The third-order valence-corrected chi connectivity index (χ3v) is 3.54. The molecular weight excluding hydrogens is 214 g/mol. The van der Waals surface area contributed by atoms with Crippen molar-refractivity contribution in [3.63, 3.8) is 0 Å². The van der Waals surface area contributed by atoms with Crippen molar-refractivity contribution in [2.24, 2.45) is 0 Å². The van der Waals surface area contributed by atoms with Crippen molar-refractivity contribution in [1.29, 1.82) is 0 Å². The summed E-state index contributed by atoms with van der Waals surface area (Å²) >= 11 is 0. The van der Waals surface area contributed by atoms with Gasteiger partial charge >= 0.3 is 6.29 Å². The van der Waals surface area contributed by atoms with Gasteiger partial charge in [0, 0.05) is 0 Å². The SMILES string of the molecule is CCC1(c2ccc3c(c2)OC(F)(F)O3)CC1. The lowest BCUT2D eigenvalue weighted by atomic mass is 9.93. The molecule has 86 valence electrons. The predicted octanol–water partition coefficient (Wildman–Crippen LogP) is 3.45. The van der Waals surface area contributed by atoms with Crippen LogP contribution in [0.2, 0.25) is 0 Å². The molecule has 0 N–H and O–H groups in total. The van der Waals surface area contributed by atoms with Crippen molar-refractivity contribution in [2.45, 2.75) is 37.9 Å². The van der Waals surface area contributed by atoms with Gasteiger partial charge in [-0.2, -0.15) is 0 Å². The Labute approximate surface area is 92.2 Å². The maximum Gasteiger partial charge on any atom is 0.586 e. The molecular formula is C12H12F2O2. The lowest BCUT2D eigenvalue weighted by Crippen LogP contribution is -2.25. The maximum absolute atomic E-state index is 12.8. The number of benzene rings is 1. The summed E-state index contributed by atoms with van der Waals surface area (Å²) < 4.78 is 34.4. The van der Waals surface area contributed by atoms with E-state index in [-0.39, 0.29) is 16.9 Å². The third-order valence-electron chi connectivity index (χ3n) is 3.54. The molecule has 1 saturated carbocycles. The summed E-state index contributed by atoms with van der Waals surface area (Å²) in [6.07, 6.45) is -0.230. The average Bonchev–Trinajstić information content (AvgIpc) is 2.95. The third kappa shape index (κ3) is 1.36. The zero-order valence-corrected chi connectivity index (χ0v) is 8.93. The van der Waals surface area contributed by atoms with Crippen LogP contribution in [0.4, 0.5) is 8.78 Å². The van der Waals surface area contributed by atoms with Gasteiger partial charge in [0.25, 0.3) is 0 Å². The van der Waals surface area contributed by atoms with Gasteiger partial charge in [0.2, 0.25) is 0 Å². The van der Waals surface area contributed by atoms with Crippen LogP contribution in [-0.4, -0.2) is 6.29 Å².